The van der Waals surface area contributed by atoms with Crippen LogP contribution < -0.4 is 0 Å². The van der Waals surface area contributed by atoms with Crippen LogP contribution in [0.1, 0.15) is 0 Å². The fraction of sp³-hybridized carbons (Fsp3) is 0. The fourth-order valence-corrected chi connectivity index (χ4v) is 1.96. The van der Waals surface area contributed by atoms with Gasteiger partial charge in [0.2, 0.25) is 0 Å². The number of aromatic nitrogens is 2. The molecule has 60 valence electrons. The van der Waals surface area contributed by atoms with Crippen LogP contribution >= 0.6 is 38.5 Å². The molecule has 0 aliphatic heterocycles. The van der Waals surface area contributed by atoms with Crippen molar-refractivity contribution in [2.45, 2.75) is 0 Å². The van der Waals surface area contributed by atoms with Gasteiger partial charge in [-0.1, -0.05) is 0 Å². The van der Waals surface area contributed by atoms with E-state index in [1.807, 2.05) is 18.5 Å². The molecule has 0 saturated carbocycles. The molecule has 12 heavy (non-hydrogen) atoms. The molecule has 4 heteroatoms. The second kappa shape index (κ2) is 3.26. The van der Waals surface area contributed by atoms with Crippen LogP contribution in [-0.2, 0) is 0 Å². The lowest BCUT2D eigenvalue weighted by Gasteiger charge is -1.98. The largest absolute Gasteiger partial charge is 0.263 e. The van der Waals surface area contributed by atoms with Gasteiger partial charge in [0.1, 0.15) is 0 Å². The normalized spacial score (nSPS) is 10.5. The van der Waals surface area contributed by atoms with E-state index in [0.29, 0.717) is 0 Å². The number of fused-ring (bicyclic) bond motifs is 1. The van der Waals surface area contributed by atoms with Gasteiger partial charge in [0, 0.05) is 28.4 Å². The van der Waals surface area contributed by atoms with Crippen molar-refractivity contribution < 1.29 is 0 Å². The Kier molecular flexibility index (Phi) is 2.27. The number of halogens is 2. The summed E-state index contributed by atoms with van der Waals surface area (Å²) in [5.74, 6) is 0. The van der Waals surface area contributed by atoms with Crippen LogP contribution in [0.3, 0.4) is 0 Å². The van der Waals surface area contributed by atoms with Crippen LogP contribution in [0.4, 0.5) is 0 Å². The molecule has 2 aromatic heterocycles. The lowest BCUT2D eigenvalue weighted by molar-refractivity contribution is 1.30. The molecule has 2 aromatic rings. The van der Waals surface area contributed by atoms with Crippen molar-refractivity contribution in [3.8, 4) is 0 Å². The van der Waals surface area contributed by atoms with Crippen molar-refractivity contribution in [1.82, 2.24) is 9.97 Å². The summed E-state index contributed by atoms with van der Waals surface area (Å²) >= 11 is 5.59. The third kappa shape index (κ3) is 1.45. The number of pyridine rings is 2. The number of hydrogen-bond acceptors (Lipinski definition) is 2. The number of nitrogens with zero attached hydrogens (tertiary/aromatic N) is 2. The van der Waals surface area contributed by atoms with Crippen LogP contribution in [-0.4, -0.2) is 9.97 Å². The van der Waals surface area contributed by atoms with E-state index in [4.69, 9.17) is 0 Å². The van der Waals surface area contributed by atoms with Gasteiger partial charge in [-0.3, -0.25) is 9.97 Å². The topological polar surface area (TPSA) is 25.8 Å². The van der Waals surface area contributed by atoms with Gasteiger partial charge in [-0.25, -0.2) is 0 Å². The molecule has 0 unspecified atom stereocenters. The molecule has 2 heterocycles. The fourth-order valence-electron chi connectivity index (χ4n) is 0.997. The first kappa shape index (κ1) is 8.37. The minimum absolute atomic E-state index is 0.985. The van der Waals surface area contributed by atoms with Gasteiger partial charge >= 0.3 is 0 Å². The number of hydrogen-bond donors (Lipinski definition) is 0. The average Bonchev–Trinajstić information content (AvgIpc) is 2.04. The Bertz CT molecular complexity index is 430. The molecular weight excluding hydrogens is 331 g/mol. The molecule has 0 N–H and O–H groups in total. The predicted molar refractivity (Wildman–Crippen MR) is 60.0 cm³/mol. The molecule has 0 radical (unpaired) electrons. The Labute approximate surface area is 91.7 Å². The predicted octanol–water partition coefficient (Wildman–Crippen LogP) is 3.00. The Hall–Kier alpha value is -0.230. The SMILES string of the molecule is Brc1cnc2c(I)cncc2c1. The molecular formula is C8H4BrIN2. The van der Waals surface area contributed by atoms with Crippen molar-refractivity contribution in [3.63, 3.8) is 0 Å². The third-order valence-electron chi connectivity index (χ3n) is 1.51. The highest BCUT2D eigenvalue weighted by molar-refractivity contribution is 14.1. The highest BCUT2D eigenvalue weighted by atomic mass is 127. The Balaban J connectivity index is 2.86. The van der Waals surface area contributed by atoms with E-state index >= 15 is 0 Å². The first-order valence-corrected chi connectivity index (χ1v) is 5.19. The second-order valence-corrected chi connectivity index (χ2v) is 4.42. The molecule has 0 aromatic carbocycles. The Morgan fingerprint density at radius 2 is 2.08 bits per heavy atom. The maximum absolute atomic E-state index is 4.29. The standard InChI is InChI=1S/C8H4BrIN2/c9-6-1-5-2-11-4-7(10)8(5)12-3-6/h1-4H. The highest BCUT2D eigenvalue weighted by Crippen LogP contribution is 2.19. The number of rotatable bonds is 0. The van der Waals surface area contributed by atoms with Gasteiger partial charge in [-0.05, 0) is 44.6 Å². The van der Waals surface area contributed by atoms with Gasteiger partial charge in [0.05, 0.1) is 9.09 Å². The molecule has 0 spiro atoms. The van der Waals surface area contributed by atoms with Crippen molar-refractivity contribution in [1.29, 1.82) is 0 Å². The van der Waals surface area contributed by atoms with Crippen LogP contribution in [0.5, 0.6) is 0 Å². The molecule has 0 saturated heterocycles. The average molecular weight is 335 g/mol. The van der Waals surface area contributed by atoms with Crippen molar-refractivity contribution >= 4 is 49.4 Å². The van der Waals surface area contributed by atoms with Crippen molar-refractivity contribution in [3.05, 3.63) is 32.7 Å². The molecule has 0 aliphatic carbocycles. The highest BCUT2D eigenvalue weighted by Gasteiger charge is 1.99. The van der Waals surface area contributed by atoms with Gasteiger partial charge in [-0.2, -0.15) is 0 Å². The first-order chi connectivity index (χ1) is 5.77. The summed E-state index contributed by atoms with van der Waals surface area (Å²) in [6.45, 7) is 0. The van der Waals surface area contributed by atoms with Gasteiger partial charge in [0.25, 0.3) is 0 Å². The Morgan fingerprint density at radius 3 is 2.92 bits per heavy atom. The summed E-state index contributed by atoms with van der Waals surface area (Å²) in [6, 6.07) is 2.01. The van der Waals surface area contributed by atoms with Gasteiger partial charge in [0.15, 0.2) is 0 Å². The van der Waals surface area contributed by atoms with E-state index in [-0.39, 0.29) is 0 Å². The van der Waals surface area contributed by atoms with Crippen molar-refractivity contribution in [2.75, 3.05) is 0 Å². The van der Waals surface area contributed by atoms with E-state index in [1.165, 1.54) is 0 Å². The van der Waals surface area contributed by atoms with Gasteiger partial charge in [-0.15, -0.1) is 0 Å². The summed E-state index contributed by atoms with van der Waals surface area (Å²) in [6.07, 6.45) is 5.42. The Morgan fingerprint density at radius 1 is 1.25 bits per heavy atom. The quantitative estimate of drug-likeness (QED) is 0.692. The second-order valence-electron chi connectivity index (χ2n) is 2.35. The zero-order valence-corrected chi connectivity index (χ0v) is 9.70. The smallest absolute Gasteiger partial charge is 0.0867 e. The van der Waals surface area contributed by atoms with E-state index < -0.39 is 0 Å². The summed E-state index contributed by atoms with van der Waals surface area (Å²) in [5.41, 5.74) is 1.01. The van der Waals surface area contributed by atoms with E-state index in [1.54, 1.807) is 6.20 Å². The molecule has 2 nitrogen and oxygen atoms in total. The summed E-state index contributed by atoms with van der Waals surface area (Å²) in [7, 11) is 0. The van der Waals surface area contributed by atoms with Crippen LogP contribution in [0.15, 0.2) is 29.1 Å². The molecule has 0 bridgehead atoms. The molecule has 0 fully saturated rings. The van der Waals surface area contributed by atoms with Crippen molar-refractivity contribution in [2.24, 2.45) is 0 Å². The lowest BCUT2D eigenvalue weighted by atomic mass is 10.3. The summed E-state index contributed by atoms with van der Waals surface area (Å²) in [5, 5.41) is 1.07. The van der Waals surface area contributed by atoms with Crippen LogP contribution in [0.2, 0.25) is 0 Å². The minimum atomic E-state index is 0.985. The molecule has 0 aliphatic rings. The molecule has 0 amide bonds. The summed E-state index contributed by atoms with van der Waals surface area (Å²) < 4.78 is 2.07. The molecule has 0 atom stereocenters. The van der Waals surface area contributed by atoms with E-state index in [0.717, 1.165) is 18.9 Å². The lowest BCUT2D eigenvalue weighted by Crippen LogP contribution is -1.84. The van der Waals surface area contributed by atoms with Crippen LogP contribution in [0.25, 0.3) is 10.9 Å². The zero-order chi connectivity index (χ0) is 8.55. The first-order valence-electron chi connectivity index (χ1n) is 3.32. The minimum Gasteiger partial charge on any atom is -0.263 e. The third-order valence-corrected chi connectivity index (χ3v) is 2.73. The van der Waals surface area contributed by atoms with E-state index in [9.17, 15) is 0 Å². The maximum Gasteiger partial charge on any atom is 0.0867 e. The monoisotopic (exact) mass is 334 g/mol. The maximum atomic E-state index is 4.29. The van der Waals surface area contributed by atoms with Gasteiger partial charge < -0.3 is 0 Å². The zero-order valence-electron chi connectivity index (χ0n) is 5.96. The van der Waals surface area contributed by atoms with E-state index in [2.05, 4.69) is 48.5 Å². The molecule has 2 rings (SSSR count). The summed E-state index contributed by atoms with van der Waals surface area (Å²) in [4.78, 5) is 8.37. The van der Waals surface area contributed by atoms with Crippen LogP contribution in [0, 0.1) is 3.57 Å².